The first-order chi connectivity index (χ1) is 26.3. The maximum atomic E-state index is 2.44. The van der Waals surface area contributed by atoms with E-state index in [0.717, 1.165) is 0 Å². The number of rotatable bonds is 4. The molecule has 2 heterocycles. The Bertz CT molecular complexity index is 2610. The standard InChI is InChI=1S/C52H42N2/c1-51(2)43-17-9-11-19-47(43)53(41-27-25-37-13-5-7-15-39(37)33-41)49-29-23-35(31-45(49)51)21-22-36-24-30-50-46(32-36)52(3,4)44-18-10-12-20-48(44)54(50)42-28-26-38-14-6-8-16-40(38)34-42/h5-34H,1-4H3/b22-21+. The van der Waals surface area contributed by atoms with Gasteiger partial charge in [0.2, 0.25) is 0 Å². The van der Waals surface area contributed by atoms with Crippen molar-refractivity contribution < 1.29 is 0 Å². The van der Waals surface area contributed by atoms with Gasteiger partial charge in [0.05, 0.1) is 22.7 Å². The Hall–Kier alpha value is -6.38. The fourth-order valence-electron chi connectivity index (χ4n) is 9.03. The molecule has 0 saturated heterocycles. The average molecular weight is 695 g/mol. The van der Waals surface area contributed by atoms with E-state index in [-0.39, 0.29) is 10.8 Å². The molecular weight excluding hydrogens is 653 g/mol. The van der Waals surface area contributed by atoms with E-state index in [1.807, 2.05) is 0 Å². The van der Waals surface area contributed by atoms with Gasteiger partial charge in [-0.2, -0.15) is 0 Å². The number of hydrogen-bond acceptors (Lipinski definition) is 2. The van der Waals surface area contributed by atoms with Gasteiger partial charge in [-0.15, -0.1) is 0 Å². The van der Waals surface area contributed by atoms with Crippen molar-refractivity contribution in [1.82, 2.24) is 0 Å². The van der Waals surface area contributed by atoms with Gasteiger partial charge in [-0.25, -0.2) is 0 Å². The lowest BCUT2D eigenvalue weighted by Gasteiger charge is -2.42. The van der Waals surface area contributed by atoms with Crippen LogP contribution in [0.3, 0.4) is 0 Å². The molecule has 0 fully saturated rings. The minimum absolute atomic E-state index is 0.168. The maximum Gasteiger partial charge on any atom is 0.0503 e. The first-order valence-electron chi connectivity index (χ1n) is 19.0. The number of fused-ring (bicyclic) bond motifs is 6. The molecule has 0 N–H and O–H groups in total. The quantitative estimate of drug-likeness (QED) is 0.169. The molecule has 8 aromatic carbocycles. The molecule has 8 aromatic rings. The van der Waals surface area contributed by atoms with Gasteiger partial charge in [0.25, 0.3) is 0 Å². The van der Waals surface area contributed by atoms with Gasteiger partial charge < -0.3 is 9.80 Å². The summed E-state index contributed by atoms with van der Waals surface area (Å²) in [5.74, 6) is 0. The molecule has 2 aliphatic heterocycles. The summed E-state index contributed by atoms with van der Waals surface area (Å²) in [4.78, 5) is 4.89. The number of benzene rings is 8. The van der Waals surface area contributed by atoms with E-state index in [9.17, 15) is 0 Å². The summed E-state index contributed by atoms with van der Waals surface area (Å²) in [5.41, 5.74) is 14.7. The predicted octanol–water partition coefficient (Wildman–Crippen LogP) is 14.4. The van der Waals surface area contributed by atoms with Crippen LogP contribution in [-0.4, -0.2) is 0 Å². The Labute approximate surface area is 318 Å². The highest BCUT2D eigenvalue weighted by atomic mass is 15.2. The number of hydrogen-bond donors (Lipinski definition) is 0. The van der Waals surface area contributed by atoms with Crippen molar-refractivity contribution in [3.05, 3.63) is 203 Å². The fraction of sp³-hybridized carbons (Fsp3) is 0.115. The summed E-state index contributed by atoms with van der Waals surface area (Å²) < 4.78 is 0. The Balaban J connectivity index is 1.05. The van der Waals surface area contributed by atoms with Crippen molar-refractivity contribution in [2.75, 3.05) is 9.80 Å². The van der Waals surface area contributed by atoms with Crippen molar-refractivity contribution in [2.45, 2.75) is 38.5 Å². The molecular formula is C52H42N2. The van der Waals surface area contributed by atoms with Crippen LogP contribution < -0.4 is 9.80 Å². The molecule has 0 amide bonds. The van der Waals surface area contributed by atoms with Gasteiger partial charge in [0, 0.05) is 22.2 Å². The van der Waals surface area contributed by atoms with E-state index >= 15 is 0 Å². The average Bonchev–Trinajstić information content (AvgIpc) is 3.20. The van der Waals surface area contributed by atoms with Crippen molar-refractivity contribution in [3.8, 4) is 0 Å². The van der Waals surface area contributed by atoms with Crippen LogP contribution in [0.25, 0.3) is 33.7 Å². The van der Waals surface area contributed by atoms with Crippen molar-refractivity contribution in [3.63, 3.8) is 0 Å². The van der Waals surface area contributed by atoms with Crippen LogP contribution in [0.1, 0.15) is 61.1 Å². The highest BCUT2D eigenvalue weighted by Gasteiger charge is 2.38. The van der Waals surface area contributed by atoms with E-state index < -0.39 is 0 Å². The summed E-state index contributed by atoms with van der Waals surface area (Å²) in [6, 6.07) is 62.6. The SMILES string of the molecule is CC1(C)c2ccccc2N(c2ccc3ccccc3c2)c2ccc(/C=C/c3ccc4c(c3)C(C)(C)c3ccccc3N4c3ccc4ccccc4c3)cc21. The number of nitrogens with zero attached hydrogens (tertiary/aromatic N) is 2. The highest BCUT2D eigenvalue weighted by molar-refractivity contribution is 5.94. The molecule has 0 atom stereocenters. The molecule has 0 unspecified atom stereocenters. The molecule has 54 heavy (non-hydrogen) atoms. The molecule has 0 spiro atoms. The third kappa shape index (κ3) is 5.01. The van der Waals surface area contributed by atoms with E-state index in [4.69, 9.17) is 0 Å². The van der Waals surface area contributed by atoms with Crippen LogP contribution in [0.4, 0.5) is 34.1 Å². The molecule has 2 aliphatic rings. The summed E-state index contributed by atoms with van der Waals surface area (Å²) in [7, 11) is 0. The van der Waals surface area contributed by atoms with E-state index in [1.165, 1.54) is 89.0 Å². The minimum Gasteiger partial charge on any atom is -0.310 e. The molecule has 0 aliphatic carbocycles. The molecule has 2 nitrogen and oxygen atoms in total. The van der Waals surface area contributed by atoms with E-state index in [2.05, 4.69) is 220 Å². The van der Waals surface area contributed by atoms with Gasteiger partial charge in [-0.3, -0.25) is 0 Å². The zero-order chi connectivity index (χ0) is 36.6. The number of para-hydroxylation sites is 2. The van der Waals surface area contributed by atoms with Gasteiger partial charge in [-0.1, -0.05) is 149 Å². The van der Waals surface area contributed by atoms with Gasteiger partial charge >= 0.3 is 0 Å². The van der Waals surface area contributed by atoms with Crippen LogP contribution in [0.5, 0.6) is 0 Å². The second kappa shape index (κ2) is 12.1. The van der Waals surface area contributed by atoms with Crippen LogP contribution in [0.15, 0.2) is 170 Å². The summed E-state index contributed by atoms with van der Waals surface area (Å²) in [6.07, 6.45) is 4.56. The lowest BCUT2D eigenvalue weighted by atomic mass is 9.73. The van der Waals surface area contributed by atoms with Gasteiger partial charge in [0.1, 0.15) is 0 Å². The van der Waals surface area contributed by atoms with Crippen LogP contribution >= 0.6 is 0 Å². The van der Waals surface area contributed by atoms with Crippen LogP contribution in [-0.2, 0) is 10.8 Å². The largest absolute Gasteiger partial charge is 0.310 e. The Morgan fingerprint density at radius 1 is 0.333 bits per heavy atom. The smallest absolute Gasteiger partial charge is 0.0503 e. The Morgan fingerprint density at radius 3 is 1.15 bits per heavy atom. The van der Waals surface area contributed by atoms with Gasteiger partial charge in [-0.05, 0) is 116 Å². The topological polar surface area (TPSA) is 6.48 Å². The minimum atomic E-state index is -0.168. The van der Waals surface area contributed by atoms with Crippen LogP contribution in [0.2, 0.25) is 0 Å². The zero-order valence-corrected chi connectivity index (χ0v) is 31.2. The first kappa shape index (κ1) is 32.3. The summed E-state index contributed by atoms with van der Waals surface area (Å²) in [6.45, 7) is 9.45. The lowest BCUT2D eigenvalue weighted by Crippen LogP contribution is -2.30. The monoisotopic (exact) mass is 694 g/mol. The molecule has 0 bridgehead atoms. The first-order valence-corrected chi connectivity index (χ1v) is 19.0. The van der Waals surface area contributed by atoms with E-state index in [1.54, 1.807) is 0 Å². The van der Waals surface area contributed by atoms with Crippen molar-refractivity contribution >= 4 is 67.8 Å². The molecule has 0 saturated carbocycles. The Morgan fingerprint density at radius 2 is 0.704 bits per heavy atom. The lowest BCUT2D eigenvalue weighted by molar-refractivity contribution is 0.631. The maximum absolute atomic E-state index is 2.44. The third-order valence-corrected chi connectivity index (χ3v) is 12.0. The highest BCUT2D eigenvalue weighted by Crippen LogP contribution is 2.54. The molecule has 10 rings (SSSR count). The third-order valence-electron chi connectivity index (χ3n) is 12.0. The Kier molecular flexibility index (Phi) is 7.22. The van der Waals surface area contributed by atoms with Gasteiger partial charge in [0.15, 0.2) is 0 Å². The molecule has 2 heteroatoms. The molecule has 260 valence electrons. The molecule has 0 radical (unpaired) electrons. The number of anilines is 6. The second-order valence-electron chi connectivity index (χ2n) is 15.9. The summed E-state index contributed by atoms with van der Waals surface area (Å²) >= 11 is 0. The van der Waals surface area contributed by atoms with Crippen molar-refractivity contribution in [2.24, 2.45) is 0 Å². The normalized spacial score (nSPS) is 15.2. The second-order valence-corrected chi connectivity index (χ2v) is 15.9. The fourth-order valence-corrected chi connectivity index (χ4v) is 9.03. The van der Waals surface area contributed by atoms with Crippen LogP contribution in [0, 0.1) is 0 Å². The molecule has 0 aromatic heterocycles. The van der Waals surface area contributed by atoms with Crippen molar-refractivity contribution in [1.29, 1.82) is 0 Å². The zero-order valence-electron chi connectivity index (χ0n) is 31.2. The summed E-state index contributed by atoms with van der Waals surface area (Å²) in [5, 5.41) is 5.00. The van der Waals surface area contributed by atoms with E-state index in [0.29, 0.717) is 0 Å². The predicted molar refractivity (Wildman–Crippen MR) is 230 cm³/mol.